The van der Waals surface area contributed by atoms with Crippen LogP contribution in [0.25, 0.3) is 0 Å². The number of nitrogens with zero attached hydrogens (tertiary/aromatic N) is 4. The maximum atomic E-state index is 12.2. The van der Waals surface area contributed by atoms with Gasteiger partial charge in [0.25, 0.3) is 5.91 Å². The van der Waals surface area contributed by atoms with Crippen LogP contribution in [0.3, 0.4) is 0 Å². The Morgan fingerprint density at radius 1 is 1.50 bits per heavy atom. The number of hydrogen-bond donors (Lipinski definition) is 1. The molecule has 18 heavy (non-hydrogen) atoms. The summed E-state index contributed by atoms with van der Waals surface area (Å²) >= 11 is 0. The molecular weight excluding hydrogens is 230 g/mol. The third kappa shape index (κ3) is 1.90. The highest BCUT2D eigenvalue weighted by Gasteiger charge is 2.29. The maximum absolute atomic E-state index is 12.2. The first-order chi connectivity index (χ1) is 8.74. The van der Waals surface area contributed by atoms with Crippen LogP contribution < -0.4 is 0 Å². The molecule has 2 aromatic rings. The van der Waals surface area contributed by atoms with Crippen molar-refractivity contribution in [3.05, 3.63) is 35.9 Å². The largest absolute Gasteiger partial charge is 0.337 e. The molecular formula is C12H15N5O. The van der Waals surface area contributed by atoms with Gasteiger partial charge >= 0.3 is 0 Å². The Balaban J connectivity index is 1.70. The molecule has 1 N–H and O–H groups in total. The molecule has 1 fully saturated rings. The highest BCUT2D eigenvalue weighted by Crippen LogP contribution is 2.26. The van der Waals surface area contributed by atoms with E-state index in [0.29, 0.717) is 11.6 Å². The second-order valence-electron chi connectivity index (χ2n) is 4.62. The second kappa shape index (κ2) is 4.29. The van der Waals surface area contributed by atoms with E-state index in [-0.39, 0.29) is 5.91 Å². The quantitative estimate of drug-likeness (QED) is 0.850. The van der Waals surface area contributed by atoms with Crippen LogP contribution in [0, 0.1) is 0 Å². The number of carbonyl (C=O) groups excluding carboxylic acids is 1. The van der Waals surface area contributed by atoms with Crippen LogP contribution in [0.4, 0.5) is 0 Å². The number of likely N-dealkylation sites (tertiary alicyclic amines) is 1. The summed E-state index contributed by atoms with van der Waals surface area (Å²) in [7, 11) is 1.81. The third-order valence-electron chi connectivity index (χ3n) is 3.37. The molecule has 1 aliphatic heterocycles. The summed E-state index contributed by atoms with van der Waals surface area (Å²) in [6.45, 7) is 1.51. The van der Waals surface area contributed by atoms with Crippen molar-refractivity contribution in [1.82, 2.24) is 24.9 Å². The van der Waals surface area contributed by atoms with Gasteiger partial charge in [-0.1, -0.05) is 0 Å². The molecule has 1 atom stereocenters. The van der Waals surface area contributed by atoms with Crippen molar-refractivity contribution in [2.75, 3.05) is 13.1 Å². The molecule has 1 unspecified atom stereocenters. The number of hydrogen-bond acceptors (Lipinski definition) is 3. The van der Waals surface area contributed by atoms with Gasteiger partial charge in [-0.05, 0) is 18.6 Å². The Labute approximate surface area is 105 Å². The first kappa shape index (κ1) is 11.0. The van der Waals surface area contributed by atoms with E-state index in [4.69, 9.17) is 0 Å². The van der Waals surface area contributed by atoms with Gasteiger partial charge in [0.05, 0.1) is 0 Å². The number of aryl methyl sites for hydroxylation is 1. The molecule has 0 aromatic carbocycles. The molecule has 0 spiro atoms. The van der Waals surface area contributed by atoms with Crippen molar-refractivity contribution in [3.63, 3.8) is 0 Å². The molecule has 2 aromatic heterocycles. The molecule has 3 rings (SSSR count). The maximum Gasteiger partial charge on any atom is 0.274 e. The van der Waals surface area contributed by atoms with E-state index in [1.165, 1.54) is 0 Å². The standard InChI is InChI=1S/C12H15N5O/c1-16-6-4-11(15-16)12(18)17-7-3-9(8-17)10-2-5-13-14-10/h2,4-6,9H,3,7-8H2,1H3,(H,13,14). The van der Waals surface area contributed by atoms with Gasteiger partial charge in [-0.15, -0.1) is 0 Å². The normalized spacial score (nSPS) is 19.4. The summed E-state index contributed by atoms with van der Waals surface area (Å²) in [5, 5.41) is 11.1. The molecule has 1 amide bonds. The summed E-state index contributed by atoms with van der Waals surface area (Å²) in [4.78, 5) is 14.1. The van der Waals surface area contributed by atoms with Crippen molar-refractivity contribution in [3.8, 4) is 0 Å². The highest BCUT2D eigenvalue weighted by atomic mass is 16.2. The van der Waals surface area contributed by atoms with Crippen molar-refractivity contribution in [1.29, 1.82) is 0 Å². The summed E-state index contributed by atoms with van der Waals surface area (Å²) in [5.41, 5.74) is 1.62. The van der Waals surface area contributed by atoms with Crippen LogP contribution in [0.15, 0.2) is 24.5 Å². The first-order valence-corrected chi connectivity index (χ1v) is 6.02. The zero-order valence-electron chi connectivity index (χ0n) is 10.2. The van der Waals surface area contributed by atoms with Crippen LogP contribution in [0.5, 0.6) is 0 Å². The molecule has 6 nitrogen and oxygen atoms in total. The summed E-state index contributed by atoms with van der Waals surface area (Å²) in [5.74, 6) is 0.373. The van der Waals surface area contributed by atoms with Crippen molar-refractivity contribution < 1.29 is 4.79 Å². The van der Waals surface area contributed by atoms with Crippen LogP contribution >= 0.6 is 0 Å². The summed E-state index contributed by atoms with van der Waals surface area (Å²) in [6, 6.07) is 3.73. The SMILES string of the molecule is Cn1ccc(C(=O)N2CCC(c3ccn[nH]3)C2)n1. The molecule has 0 radical (unpaired) electrons. The topological polar surface area (TPSA) is 66.8 Å². The predicted octanol–water partition coefficient (Wildman–Crippen LogP) is 0.773. The number of rotatable bonds is 2. The van der Waals surface area contributed by atoms with Gasteiger partial charge in [-0.3, -0.25) is 14.6 Å². The van der Waals surface area contributed by atoms with Crippen LogP contribution in [0.1, 0.15) is 28.5 Å². The molecule has 1 aliphatic rings. The van der Waals surface area contributed by atoms with Crippen LogP contribution in [-0.4, -0.2) is 43.9 Å². The van der Waals surface area contributed by atoms with Crippen molar-refractivity contribution in [2.45, 2.75) is 12.3 Å². The van der Waals surface area contributed by atoms with E-state index in [1.807, 2.05) is 18.0 Å². The van der Waals surface area contributed by atoms with Gasteiger partial charge in [-0.2, -0.15) is 10.2 Å². The minimum Gasteiger partial charge on any atom is -0.337 e. The number of carbonyl (C=O) groups is 1. The lowest BCUT2D eigenvalue weighted by Gasteiger charge is -2.14. The lowest BCUT2D eigenvalue weighted by atomic mass is 10.1. The average Bonchev–Trinajstić information content (AvgIpc) is 3.09. The Morgan fingerprint density at radius 2 is 2.39 bits per heavy atom. The number of amides is 1. The monoisotopic (exact) mass is 245 g/mol. The molecule has 3 heterocycles. The number of aromatic nitrogens is 4. The lowest BCUT2D eigenvalue weighted by Crippen LogP contribution is -2.29. The van der Waals surface area contributed by atoms with Crippen molar-refractivity contribution in [2.24, 2.45) is 7.05 Å². The molecule has 0 saturated carbocycles. The van der Waals surface area contributed by atoms with E-state index in [1.54, 1.807) is 23.1 Å². The van der Waals surface area contributed by atoms with E-state index >= 15 is 0 Å². The zero-order valence-corrected chi connectivity index (χ0v) is 10.2. The molecule has 94 valence electrons. The Hall–Kier alpha value is -2.11. The lowest BCUT2D eigenvalue weighted by molar-refractivity contribution is 0.0784. The van der Waals surface area contributed by atoms with Gasteiger partial charge in [0.15, 0.2) is 0 Å². The molecule has 0 bridgehead atoms. The Bertz CT molecular complexity index is 545. The molecule has 1 saturated heterocycles. The fourth-order valence-electron chi connectivity index (χ4n) is 2.38. The van der Waals surface area contributed by atoms with Gasteiger partial charge in [0.1, 0.15) is 5.69 Å². The van der Waals surface area contributed by atoms with E-state index < -0.39 is 0 Å². The smallest absolute Gasteiger partial charge is 0.274 e. The summed E-state index contributed by atoms with van der Waals surface area (Å²) in [6.07, 6.45) is 4.51. The fraction of sp³-hybridized carbons (Fsp3) is 0.417. The van der Waals surface area contributed by atoms with Gasteiger partial charge in [0, 0.05) is 44.1 Å². The highest BCUT2D eigenvalue weighted by molar-refractivity contribution is 5.92. The van der Waals surface area contributed by atoms with E-state index in [0.717, 1.165) is 25.2 Å². The minimum atomic E-state index is 0.0117. The van der Waals surface area contributed by atoms with Gasteiger partial charge < -0.3 is 4.90 Å². The van der Waals surface area contributed by atoms with Gasteiger partial charge in [-0.25, -0.2) is 0 Å². The van der Waals surface area contributed by atoms with Crippen LogP contribution in [0.2, 0.25) is 0 Å². The van der Waals surface area contributed by atoms with E-state index in [9.17, 15) is 4.79 Å². The van der Waals surface area contributed by atoms with Crippen molar-refractivity contribution >= 4 is 5.91 Å². The number of H-pyrrole nitrogens is 1. The first-order valence-electron chi connectivity index (χ1n) is 6.02. The third-order valence-corrected chi connectivity index (χ3v) is 3.37. The zero-order chi connectivity index (χ0) is 12.5. The fourth-order valence-corrected chi connectivity index (χ4v) is 2.38. The molecule has 6 heteroatoms. The molecule has 0 aliphatic carbocycles. The van der Waals surface area contributed by atoms with Crippen LogP contribution in [-0.2, 0) is 7.05 Å². The predicted molar refractivity (Wildman–Crippen MR) is 65.1 cm³/mol. The second-order valence-corrected chi connectivity index (χ2v) is 4.62. The summed E-state index contributed by atoms with van der Waals surface area (Å²) < 4.78 is 1.65. The number of aromatic amines is 1. The Kier molecular flexibility index (Phi) is 2.62. The Morgan fingerprint density at radius 3 is 3.06 bits per heavy atom. The van der Waals surface area contributed by atoms with E-state index in [2.05, 4.69) is 15.3 Å². The number of nitrogens with one attached hydrogen (secondary N) is 1. The average molecular weight is 245 g/mol. The van der Waals surface area contributed by atoms with Gasteiger partial charge in [0.2, 0.25) is 0 Å². The minimum absolute atomic E-state index is 0.0117.